The molecule has 0 radical (unpaired) electrons. The summed E-state index contributed by atoms with van der Waals surface area (Å²) in [6.07, 6.45) is 5.95. The third-order valence-corrected chi connectivity index (χ3v) is 3.44. The minimum atomic E-state index is 0.438. The Morgan fingerprint density at radius 1 is 1.05 bits per heavy atom. The first-order valence-electron chi connectivity index (χ1n) is 7.43. The van der Waals surface area contributed by atoms with Gasteiger partial charge < -0.3 is 5.32 Å². The molecule has 2 aromatic rings. The van der Waals surface area contributed by atoms with Crippen LogP contribution in [0.2, 0.25) is 0 Å². The number of rotatable bonds is 7. The van der Waals surface area contributed by atoms with Crippen LogP contribution in [-0.4, -0.2) is 11.5 Å². The quantitative estimate of drug-likeness (QED) is 0.821. The Kier molecular flexibility index (Phi) is 5.75. The molecule has 106 valence electrons. The lowest BCUT2D eigenvalue weighted by molar-refractivity contribution is 0.432. The minimum absolute atomic E-state index is 0.438. The monoisotopic (exact) mass is 268 g/mol. The molecule has 20 heavy (non-hydrogen) atoms. The molecule has 0 aliphatic rings. The van der Waals surface area contributed by atoms with E-state index < -0.39 is 0 Å². The van der Waals surface area contributed by atoms with Crippen molar-refractivity contribution in [2.45, 2.75) is 32.7 Å². The van der Waals surface area contributed by atoms with Gasteiger partial charge in [-0.2, -0.15) is 0 Å². The van der Waals surface area contributed by atoms with E-state index >= 15 is 0 Å². The van der Waals surface area contributed by atoms with Crippen molar-refractivity contribution in [3.63, 3.8) is 0 Å². The maximum Gasteiger partial charge on any atom is 0.0322 e. The van der Waals surface area contributed by atoms with Crippen molar-refractivity contribution in [1.29, 1.82) is 0 Å². The highest BCUT2D eigenvalue weighted by atomic mass is 14.9. The first kappa shape index (κ1) is 14.7. The molecule has 0 spiro atoms. The summed E-state index contributed by atoms with van der Waals surface area (Å²) in [6.45, 7) is 5.54. The first-order valence-corrected chi connectivity index (χ1v) is 7.43. The maximum absolute atomic E-state index is 4.16. The van der Waals surface area contributed by atoms with Gasteiger partial charge in [-0.3, -0.25) is 4.98 Å². The van der Waals surface area contributed by atoms with E-state index in [0.717, 1.165) is 19.4 Å². The van der Waals surface area contributed by atoms with E-state index in [1.807, 2.05) is 18.5 Å². The molecule has 0 aliphatic heterocycles. The smallest absolute Gasteiger partial charge is 0.0322 e. The molecule has 1 aromatic carbocycles. The van der Waals surface area contributed by atoms with Gasteiger partial charge in [-0.15, -0.1) is 0 Å². The molecule has 0 saturated carbocycles. The van der Waals surface area contributed by atoms with E-state index in [0.29, 0.717) is 12.0 Å². The van der Waals surface area contributed by atoms with Crippen LogP contribution in [0.5, 0.6) is 0 Å². The van der Waals surface area contributed by atoms with Crippen molar-refractivity contribution in [2.75, 3.05) is 6.54 Å². The Labute approximate surface area is 122 Å². The lowest BCUT2D eigenvalue weighted by Crippen LogP contribution is -2.25. The van der Waals surface area contributed by atoms with Gasteiger partial charge >= 0.3 is 0 Å². The van der Waals surface area contributed by atoms with Gasteiger partial charge in [-0.1, -0.05) is 50.2 Å². The number of hydrogen-bond donors (Lipinski definition) is 1. The number of nitrogens with one attached hydrogen (secondary N) is 1. The number of benzene rings is 1. The molecule has 0 saturated heterocycles. The van der Waals surface area contributed by atoms with E-state index in [1.54, 1.807) is 0 Å². The summed E-state index contributed by atoms with van der Waals surface area (Å²) in [4.78, 5) is 4.16. The Morgan fingerprint density at radius 3 is 2.50 bits per heavy atom. The van der Waals surface area contributed by atoms with E-state index in [-0.39, 0.29) is 0 Å². The van der Waals surface area contributed by atoms with Crippen LogP contribution in [0.4, 0.5) is 0 Å². The van der Waals surface area contributed by atoms with Crippen molar-refractivity contribution >= 4 is 0 Å². The highest BCUT2D eigenvalue weighted by Crippen LogP contribution is 2.20. The number of hydrogen-bond acceptors (Lipinski definition) is 2. The van der Waals surface area contributed by atoms with Crippen molar-refractivity contribution in [1.82, 2.24) is 10.3 Å². The molecule has 2 heteroatoms. The highest BCUT2D eigenvalue weighted by molar-refractivity contribution is 5.19. The van der Waals surface area contributed by atoms with Gasteiger partial charge in [0.1, 0.15) is 0 Å². The average molecular weight is 268 g/mol. The molecule has 0 fully saturated rings. The van der Waals surface area contributed by atoms with E-state index in [1.165, 1.54) is 11.1 Å². The summed E-state index contributed by atoms with van der Waals surface area (Å²) >= 11 is 0. The number of nitrogens with zero attached hydrogens (tertiary/aromatic N) is 1. The molecule has 1 heterocycles. The summed E-state index contributed by atoms with van der Waals surface area (Å²) in [5.74, 6) is 0.686. The lowest BCUT2D eigenvalue weighted by atomic mass is 9.97. The zero-order chi connectivity index (χ0) is 14.2. The second kappa shape index (κ2) is 7.81. The first-order chi connectivity index (χ1) is 9.75. The molecular formula is C18H24N2. The molecule has 0 bridgehead atoms. The van der Waals surface area contributed by atoms with Crippen LogP contribution in [-0.2, 0) is 6.42 Å². The van der Waals surface area contributed by atoms with Crippen molar-refractivity contribution < 1.29 is 0 Å². The zero-order valence-corrected chi connectivity index (χ0v) is 12.4. The van der Waals surface area contributed by atoms with Crippen molar-refractivity contribution in [2.24, 2.45) is 5.92 Å². The largest absolute Gasteiger partial charge is 0.310 e. The molecule has 2 nitrogen and oxygen atoms in total. The third kappa shape index (κ3) is 4.78. The number of pyridine rings is 1. The van der Waals surface area contributed by atoms with Crippen LogP contribution in [0.3, 0.4) is 0 Å². The maximum atomic E-state index is 4.16. The van der Waals surface area contributed by atoms with Crippen LogP contribution in [0.25, 0.3) is 0 Å². The Balaban J connectivity index is 1.91. The highest BCUT2D eigenvalue weighted by Gasteiger charge is 2.12. The van der Waals surface area contributed by atoms with Gasteiger partial charge in [0.05, 0.1) is 0 Å². The van der Waals surface area contributed by atoms with E-state index in [9.17, 15) is 0 Å². The van der Waals surface area contributed by atoms with Gasteiger partial charge in [0.2, 0.25) is 0 Å². The van der Waals surface area contributed by atoms with Crippen molar-refractivity contribution in [3.8, 4) is 0 Å². The van der Waals surface area contributed by atoms with Gasteiger partial charge in [0.25, 0.3) is 0 Å². The Hall–Kier alpha value is -1.67. The average Bonchev–Trinajstić information content (AvgIpc) is 2.48. The van der Waals surface area contributed by atoms with Crippen LogP contribution >= 0.6 is 0 Å². The predicted octanol–water partition coefficient (Wildman–Crippen LogP) is 4.00. The molecular weight excluding hydrogens is 244 g/mol. The topological polar surface area (TPSA) is 24.9 Å². The molecule has 1 aromatic heterocycles. The summed E-state index contributed by atoms with van der Waals surface area (Å²) in [5, 5.41) is 3.69. The Bertz CT molecular complexity index is 479. The Morgan fingerprint density at radius 2 is 1.85 bits per heavy atom. The summed E-state index contributed by atoms with van der Waals surface area (Å²) in [6, 6.07) is 15.3. The summed E-state index contributed by atoms with van der Waals surface area (Å²) < 4.78 is 0. The fourth-order valence-corrected chi connectivity index (χ4v) is 2.43. The van der Waals surface area contributed by atoms with Crippen LogP contribution in [0.15, 0.2) is 54.9 Å². The third-order valence-electron chi connectivity index (χ3n) is 3.44. The SMILES string of the molecule is CC(C)CC(NCCc1cccnc1)c1ccccc1. The molecule has 1 atom stereocenters. The molecule has 0 amide bonds. The lowest BCUT2D eigenvalue weighted by Gasteiger charge is -2.21. The molecule has 1 N–H and O–H groups in total. The van der Waals surface area contributed by atoms with Crippen LogP contribution in [0.1, 0.15) is 37.4 Å². The minimum Gasteiger partial charge on any atom is -0.310 e. The predicted molar refractivity (Wildman–Crippen MR) is 84.6 cm³/mol. The molecule has 2 rings (SSSR count). The zero-order valence-electron chi connectivity index (χ0n) is 12.4. The molecule has 1 unspecified atom stereocenters. The van der Waals surface area contributed by atoms with E-state index in [2.05, 4.69) is 60.5 Å². The van der Waals surface area contributed by atoms with Crippen LogP contribution in [0, 0.1) is 5.92 Å². The standard InChI is InChI=1S/C18H24N2/c1-15(2)13-18(17-8-4-3-5-9-17)20-12-10-16-7-6-11-19-14-16/h3-9,11,14-15,18,20H,10,12-13H2,1-2H3. The second-order valence-corrected chi connectivity index (χ2v) is 5.66. The van der Waals surface area contributed by atoms with Gasteiger partial charge in [-0.25, -0.2) is 0 Å². The van der Waals surface area contributed by atoms with E-state index in [4.69, 9.17) is 0 Å². The second-order valence-electron chi connectivity index (χ2n) is 5.66. The van der Waals surface area contributed by atoms with Crippen molar-refractivity contribution in [3.05, 3.63) is 66.0 Å². The number of aromatic nitrogens is 1. The fourth-order valence-electron chi connectivity index (χ4n) is 2.43. The fraction of sp³-hybridized carbons (Fsp3) is 0.389. The van der Waals surface area contributed by atoms with Crippen LogP contribution < -0.4 is 5.32 Å². The molecule has 0 aliphatic carbocycles. The van der Waals surface area contributed by atoms with Gasteiger partial charge in [-0.05, 0) is 42.5 Å². The van der Waals surface area contributed by atoms with Gasteiger partial charge in [0, 0.05) is 18.4 Å². The van der Waals surface area contributed by atoms with Gasteiger partial charge in [0.15, 0.2) is 0 Å². The summed E-state index contributed by atoms with van der Waals surface area (Å²) in [7, 11) is 0. The summed E-state index contributed by atoms with van der Waals surface area (Å²) in [5.41, 5.74) is 2.67. The normalized spacial score (nSPS) is 12.6.